The molecule has 0 spiro atoms. The lowest BCUT2D eigenvalue weighted by Crippen LogP contribution is -2.10. The Balaban J connectivity index is 2.29. The molecule has 16 heavy (non-hydrogen) atoms. The van der Waals surface area contributed by atoms with Crippen molar-refractivity contribution in [3.63, 3.8) is 0 Å². The molecule has 0 N–H and O–H groups in total. The highest BCUT2D eigenvalue weighted by atomic mass is 32.2. The van der Waals surface area contributed by atoms with Gasteiger partial charge in [0.1, 0.15) is 5.82 Å². The average molecular weight is 264 g/mol. The number of benzene rings is 1. The van der Waals surface area contributed by atoms with Crippen molar-refractivity contribution >= 4 is 21.9 Å². The van der Waals surface area contributed by atoms with Gasteiger partial charge in [0.25, 0.3) is 10.1 Å². The van der Waals surface area contributed by atoms with Gasteiger partial charge in [0.2, 0.25) is 0 Å². The molecule has 90 valence electrons. The normalized spacial score (nSPS) is 11.6. The fourth-order valence-corrected chi connectivity index (χ4v) is 2.27. The van der Waals surface area contributed by atoms with Crippen LogP contribution in [0, 0.1) is 5.82 Å². The average Bonchev–Trinajstić information content (AvgIpc) is 2.27. The quantitative estimate of drug-likeness (QED) is 0.449. The number of hydrogen-bond donors (Lipinski definition) is 0. The topological polar surface area (TPSA) is 43.4 Å². The Hall–Kier alpha value is -0.590. The zero-order chi connectivity index (χ0) is 12.0. The molecule has 1 rings (SSSR count). The standard InChI is InChI=1S/C10H13FO3S2/c1-2-16(12,13)14-7-8-15-10-5-3-9(11)4-6-10/h3-6H,2,7-8H2,1H3. The molecule has 1 aromatic rings. The maximum absolute atomic E-state index is 12.6. The monoisotopic (exact) mass is 264 g/mol. The molecule has 0 aliphatic carbocycles. The van der Waals surface area contributed by atoms with E-state index in [1.807, 2.05) is 0 Å². The maximum Gasteiger partial charge on any atom is 0.267 e. The van der Waals surface area contributed by atoms with Gasteiger partial charge in [0.15, 0.2) is 0 Å². The van der Waals surface area contributed by atoms with Gasteiger partial charge < -0.3 is 0 Å². The molecule has 0 radical (unpaired) electrons. The number of thioether (sulfide) groups is 1. The van der Waals surface area contributed by atoms with Gasteiger partial charge in [-0.15, -0.1) is 11.8 Å². The van der Waals surface area contributed by atoms with Crippen LogP contribution in [-0.2, 0) is 14.3 Å². The van der Waals surface area contributed by atoms with Crippen molar-refractivity contribution in [3.8, 4) is 0 Å². The Morgan fingerprint density at radius 3 is 2.50 bits per heavy atom. The first-order valence-corrected chi connectivity index (χ1v) is 7.35. The minimum atomic E-state index is -3.35. The van der Waals surface area contributed by atoms with Crippen molar-refractivity contribution < 1.29 is 17.0 Å². The van der Waals surface area contributed by atoms with Crippen LogP contribution in [0.5, 0.6) is 0 Å². The van der Waals surface area contributed by atoms with Crippen LogP contribution in [0.1, 0.15) is 6.92 Å². The van der Waals surface area contributed by atoms with Crippen molar-refractivity contribution in [2.24, 2.45) is 0 Å². The first kappa shape index (κ1) is 13.5. The predicted molar refractivity (Wildman–Crippen MR) is 62.5 cm³/mol. The van der Waals surface area contributed by atoms with Gasteiger partial charge in [0, 0.05) is 10.6 Å². The first-order chi connectivity index (χ1) is 7.53. The summed E-state index contributed by atoms with van der Waals surface area (Å²) < 4.78 is 39.2. The highest BCUT2D eigenvalue weighted by molar-refractivity contribution is 7.99. The van der Waals surface area contributed by atoms with Crippen LogP contribution in [-0.4, -0.2) is 26.5 Å². The van der Waals surface area contributed by atoms with Crippen molar-refractivity contribution in [3.05, 3.63) is 30.1 Å². The van der Waals surface area contributed by atoms with Gasteiger partial charge >= 0.3 is 0 Å². The molecule has 0 aliphatic rings. The van der Waals surface area contributed by atoms with E-state index in [1.54, 1.807) is 12.1 Å². The van der Waals surface area contributed by atoms with Crippen molar-refractivity contribution in [2.45, 2.75) is 11.8 Å². The molecule has 0 saturated carbocycles. The van der Waals surface area contributed by atoms with Crippen molar-refractivity contribution in [1.29, 1.82) is 0 Å². The van der Waals surface area contributed by atoms with Gasteiger partial charge in [-0.25, -0.2) is 4.39 Å². The smallest absolute Gasteiger partial charge is 0.267 e. The van der Waals surface area contributed by atoms with E-state index in [9.17, 15) is 12.8 Å². The molecule has 0 fully saturated rings. The molecule has 0 heterocycles. The highest BCUT2D eigenvalue weighted by Gasteiger charge is 2.06. The Kier molecular flexibility index (Phi) is 5.24. The predicted octanol–water partition coefficient (Wildman–Crippen LogP) is 2.28. The second-order valence-corrected chi connectivity index (χ2v) is 6.07. The van der Waals surface area contributed by atoms with E-state index in [0.29, 0.717) is 5.75 Å². The molecule has 6 heteroatoms. The number of hydrogen-bond acceptors (Lipinski definition) is 4. The van der Waals surface area contributed by atoms with Gasteiger partial charge in [-0.05, 0) is 31.2 Å². The minimum Gasteiger partial charge on any atom is -0.269 e. The second-order valence-electron chi connectivity index (χ2n) is 2.97. The summed E-state index contributed by atoms with van der Waals surface area (Å²) in [4.78, 5) is 0.888. The fraction of sp³-hybridized carbons (Fsp3) is 0.400. The largest absolute Gasteiger partial charge is 0.269 e. The summed E-state index contributed by atoms with van der Waals surface area (Å²) in [6.07, 6.45) is 0. The Labute approximate surface area is 99.1 Å². The second kappa shape index (κ2) is 6.22. The molecule has 0 aromatic heterocycles. The van der Waals surface area contributed by atoms with Gasteiger partial charge in [-0.1, -0.05) is 0 Å². The highest BCUT2D eigenvalue weighted by Crippen LogP contribution is 2.17. The van der Waals surface area contributed by atoms with E-state index < -0.39 is 10.1 Å². The SMILES string of the molecule is CCS(=O)(=O)OCCSc1ccc(F)cc1. The molecule has 3 nitrogen and oxygen atoms in total. The lowest BCUT2D eigenvalue weighted by molar-refractivity contribution is 0.342. The molecular weight excluding hydrogens is 251 g/mol. The lowest BCUT2D eigenvalue weighted by atomic mass is 10.4. The molecular formula is C10H13FO3S2. The van der Waals surface area contributed by atoms with Crippen LogP contribution in [0.15, 0.2) is 29.2 Å². The summed E-state index contributed by atoms with van der Waals surface area (Å²) in [6, 6.07) is 6.03. The minimum absolute atomic E-state index is 0.0196. The van der Waals surface area contributed by atoms with Crippen LogP contribution in [0.4, 0.5) is 4.39 Å². The zero-order valence-electron chi connectivity index (χ0n) is 8.85. The Morgan fingerprint density at radius 1 is 1.31 bits per heavy atom. The molecule has 1 aromatic carbocycles. The molecule has 0 aliphatic heterocycles. The zero-order valence-corrected chi connectivity index (χ0v) is 10.5. The van der Waals surface area contributed by atoms with E-state index in [-0.39, 0.29) is 18.2 Å². The summed E-state index contributed by atoms with van der Waals surface area (Å²) in [6.45, 7) is 1.67. The summed E-state index contributed by atoms with van der Waals surface area (Å²) in [5, 5.41) is 0. The molecule has 0 bridgehead atoms. The van der Waals surface area contributed by atoms with E-state index in [2.05, 4.69) is 0 Å². The molecule has 0 saturated heterocycles. The van der Waals surface area contributed by atoms with Crippen LogP contribution < -0.4 is 0 Å². The third kappa shape index (κ3) is 4.96. The van der Waals surface area contributed by atoms with Crippen LogP contribution in [0.3, 0.4) is 0 Å². The molecule has 0 atom stereocenters. The Morgan fingerprint density at radius 2 is 1.94 bits per heavy atom. The van der Waals surface area contributed by atoms with Crippen LogP contribution in [0.2, 0.25) is 0 Å². The summed E-state index contributed by atoms with van der Waals surface area (Å²) in [7, 11) is -3.35. The van der Waals surface area contributed by atoms with Gasteiger partial charge in [-0.3, -0.25) is 4.18 Å². The maximum atomic E-state index is 12.6. The third-order valence-corrected chi connectivity index (χ3v) is 3.99. The van der Waals surface area contributed by atoms with E-state index in [4.69, 9.17) is 4.18 Å². The summed E-state index contributed by atoms with van der Waals surface area (Å²) in [5.74, 6) is 0.216. The third-order valence-electron chi connectivity index (χ3n) is 1.78. The van der Waals surface area contributed by atoms with Gasteiger partial charge in [-0.2, -0.15) is 8.42 Å². The molecule has 0 amide bonds. The van der Waals surface area contributed by atoms with Crippen molar-refractivity contribution in [2.75, 3.05) is 18.1 Å². The van der Waals surface area contributed by atoms with Crippen LogP contribution in [0.25, 0.3) is 0 Å². The number of rotatable bonds is 6. The van der Waals surface area contributed by atoms with Crippen molar-refractivity contribution in [1.82, 2.24) is 0 Å². The Bertz CT molecular complexity index is 414. The molecule has 0 unspecified atom stereocenters. The lowest BCUT2D eigenvalue weighted by Gasteiger charge is -2.03. The van der Waals surface area contributed by atoms with E-state index >= 15 is 0 Å². The number of halogens is 1. The van der Waals surface area contributed by atoms with Crippen LogP contribution >= 0.6 is 11.8 Å². The fourth-order valence-electron chi connectivity index (χ4n) is 0.935. The summed E-state index contributed by atoms with van der Waals surface area (Å²) >= 11 is 1.42. The van der Waals surface area contributed by atoms with Gasteiger partial charge in [0.05, 0.1) is 12.4 Å². The van der Waals surface area contributed by atoms with E-state index in [1.165, 1.54) is 30.8 Å². The van der Waals surface area contributed by atoms with E-state index in [0.717, 1.165) is 4.90 Å². The summed E-state index contributed by atoms with van der Waals surface area (Å²) in [5.41, 5.74) is 0. The first-order valence-electron chi connectivity index (χ1n) is 4.79.